The zero-order chi connectivity index (χ0) is 16.0. The summed E-state index contributed by atoms with van der Waals surface area (Å²) in [5.74, 6) is -0.360. The minimum Gasteiger partial charge on any atom is -0.466 e. The lowest BCUT2D eigenvalue weighted by atomic mass is 9.66. The smallest absolute Gasteiger partial charge is 0.312 e. The maximum Gasteiger partial charge on any atom is 0.312 e. The molecule has 3 heteroatoms. The van der Waals surface area contributed by atoms with E-state index in [2.05, 4.69) is 41.5 Å². The van der Waals surface area contributed by atoms with Crippen molar-refractivity contribution in [2.24, 2.45) is 16.7 Å². The minimum absolute atomic E-state index is 0.0557. The standard InChI is InChI=1S/C17H34O3/c1-9-16(5,6)13(15(18)20-12-4)14(19-11-3)17(7,8)10-2/h13-14H,9-12H2,1-8H3. The Bertz CT molecular complexity index is 295. The molecule has 20 heavy (non-hydrogen) atoms. The molecule has 0 N–H and O–H groups in total. The molecule has 120 valence electrons. The van der Waals surface area contributed by atoms with Crippen LogP contribution >= 0.6 is 0 Å². The normalized spacial score (nSPS) is 15.8. The van der Waals surface area contributed by atoms with E-state index in [1.165, 1.54) is 0 Å². The third kappa shape index (κ3) is 4.76. The highest BCUT2D eigenvalue weighted by molar-refractivity contribution is 5.74. The molecule has 0 aromatic rings. The van der Waals surface area contributed by atoms with Crippen molar-refractivity contribution in [3.63, 3.8) is 0 Å². The third-order valence-corrected chi connectivity index (χ3v) is 4.62. The fraction of sp³-hybridized carbons (Fsp3) is 0.941. The van der Waals surface area contributed by atoms with E-state index in [1.807, 2.05) is 13.8 Å². The van der Waals surface area contributed by atoms with Gasteiger partial charge in [-0.25, -0.2) is 0 Å². The number of esters is 1. The monoisotopic (exact) mass is 286 g/mol. The molecule has 0 aliphatic heterocycles. The molecule has 0 bridgehead atoms. The summed E-state index contributed by atoms with van der Waals surface area (Å²) in [5, 5.41) is 0. The van der Waals surface area contributed by atoms with E-state index >= 15 is 0 Å². The molecule has 2 atom stereocenters. The number of carbonyl (C=O) groups is 1. The van der Waals surface area contributed by atoms with Crippen LogP contribution in [0.5, 0.6) is 0 Å². The Hall–Kier alpha value is -0.570. The van der Waals surface area contributed by atoms with Crippen LogP contribution < -0.4 is 0 Å². The summed E-state index contributed by atoms with van der Waals surface area (Å²) in [4.78, 5) is 12.5. The van der Waals surface area contributed by atoms with E-state index in [-0.39, 0.29) is 28.8 Å². The van der Waals surface area contributed by atoms with Gasteiger partial charge in [0.2, 0.25) is 0 Å². The van der Waals surface area contributed by atoms with Gasteiger partial charge in [0.15, 0.2) is 0 Å². The molecule has 0 aromatic heterocycles. The Morgan fingerprint density at radius 1 is 0.900 bits per heavy atom. The van der Waals surface area contributed by atoms with Gasteiger partial charge in [0.1, 0.15) is 0 Å². The summed E-state index contributed by atoms with van der Waals surface area (Å²) in [5.41, 5.74) is -0.196. The average molecular weight is 286 g/mol. The minimum atomic E-state index is -0.234. The van der Waals surface area contributed by atoms with Crippen molar-refractivity contribution < 1.29 is 14.3 Å². The first-order chi connectivity index (χ1) is 9.17. The molecule has 0 saturated carbocycles. The van der Waals surface area contributed by atoms with Crippen LogP contribution in [0.4, 0.5) is 0 Å². The maximum atomic E-state index is 12.5. The lowest BCUT2D eigenvalue weighted by Crippen LogP contribution is -2.49. The Labute approximate surface area is 125 Å². The topological polar surface area (TPSA) is 35.5 Å². The molecular weight excluding hydrogens is 252 g/mol. The van der Waals surface area contributed by atoms with Crippen LogP contribution in [0.25, 0.3) is 0 Å². The number of hydrogen-bond acceptors (Lipinski definition) is 3. The van der Waals surface area contributed by atoms with E-state index in [1.54, 1.807) is 0 Å². The molecule has 0 aromatic carbocycles. The summed E-state index contributed by atoms with van der Waals surface area (Å²) in [6.45, 7) is 17.7. The third-order valence-electron chi connectivity index (χ3n) is 4.62. The van der Waals surface area contributed by atoms with Gasteiger partial charge in [-0.1, -0.05) is 48.0 Å². The average Bonchev–Trinajstić information content (AvgIpc) is 2.38. The van der Waals surface area contributed by atoms with Crippen LogP contribution in [0.15, 0.2) is 0 Å². The van der Waals surface area contributed by atoms with Crippen molar-refractivity contribution in [2.45, 2.75) is 74.3 Å². The van der Waals surface area contributed by atoms with E-state index in [0.29, 0.717) is 13.2 Å². The molecule has 0 fully saturated rings. The van der Waals surface area contributed by atoms with Gasteiger partial charge in [0.05, 0.1) is 18.6 Å². The summed E-state index contributed by atoms with van der Waals surface area (Å²) >= 11 is 0. The highest BCUT2D eigenvalue weighted by Crippen LogP contribution is 2.42. The predicted molar refractivity (Wildman–Crippen MR) is 83.7 cm³/mol. The molecule has 0 amide bonds. The zero-order valence-corrected chi connectivity index (χ0v) is 14.7. The van der Waals surface area contributed by atoms with E-state index in [9.17, 15) is 4.79 Å². The highest BCUT2D eigenvalue weighted by Gasteiger charge is 2.47. The fourth-order valence-electron chi connectivity index (χ4n) is 2.46. The first kappa shape index (κ1) is 19.4. The summed E-state index contributed by atoms with van der Waals surface area (Å²) in [6, 6.07) is 0. The SMILES string of the molecule is CCOC(=O)C(C(OCC)C(C)(C)CC)C(C)(C)CC. The van der Waals surface area contributed by atoms with Crippen molar-refractivity contribution >= 4 is 5.97 Å². The van der Waals surface area contributed by atoms with Crippen LogP contribution in [-0.4, -0.2) is 25.3 Å². The van der Waals surface area contributed by atoms with Gasteiger partial charge < -0.3 is 9.47 Å². The van der Waals surface area contributed by atoms with Gasteiger partial charge in [-0.3, -0.25) is 4.79 Å². The van der Waals surface area contributed by atoms with Gasteiger partial charge >= 0.3 is 5.97 Å². The zero-order valence-electron chi connectivity index (χ0n) is 14.7. The lowest BCUT2D eigenvalue weighted by molar-refractivity contribution is -0.169. The fourth-order valence-corrected chi connectivity index (χ4v) is 2.46. The highest BCUT2D eigenvalue weighted by atomic mass is 16.5. The Kier molecular flexibility index (Phi) is 7.79. The van der Waals surface area contributed by atoms with Crippen LogP contribution in [0.1, 0.15) is 68.2 Å². The van der Waals surface area contributed by atoms with Crippen LogP contribution in [0, 0.1) is 16.7 Å². The van der Waals surface area contributed by atoms with Crippen molar-refractivity contribution in [1.82, 2.24) is 0 Å². The summed E-state index contributed by atoms with van der Waals surface area (Å²) < 4.78 is 11.4. The molecule has 0 rings (SSSR count). The molecule has 0 aliphatic carbocycles. The molecule has 0 radical (unpaired) electrons. The first-order valence-electron chi connectivity index (χ1n) is 7.96. The second-order valence-electron chi connectivity index (χ2n) is 6.79. The Morgan fingerprint density at radius 3 is 1.75 bits per heavy atom. The quantitative estimate of drug-likeness (QED) is 0.588. The van der Waals surface area contributed by atoms with Gasteiger partial charge in [-0.15, -0.1) is 0 Å². The Morgan fingerprint density at radius 2 is 1.40 bits per heavy atom. The van der Waals surface area contributed by atoms with Gasteiger partial charge in [-0.05, 0) is 31.1 Å². The van der Waals surface area contributed by atoms with Gasteiger partial charge in [0, 0.05) is 6.61 Å². The number of ether oxygens (including phenoxy) is 2. The van der Waals surface area contributed by atoms with Gasteiger partial charge in [-0.2, -0.15) is 0 Å². The van der Waals surface area contributed by atoms with Crippen molar-refractivity contribution in [3.8, 4) is 0 Å². The second kappa shape index (κ2) is 8.02. The Balaban J connectivity index is 5.59. The lowest BCUT2D eigenvalue weighted by Gasteiger charge is -2.44. The molecule has 2 unspecified atom stereocenters. The number of hydrogen-bond donors (Lipinski definition) is 0. The molecule has 0 spiro atoms. The molecule has 0 saturated heterocycles. The van der Waals surface area contributed by atoms with Gasteiger partial charge in [0.25, 0.3) is 0 Å². The molecule has 0 aliphatic rings. The van der Waals surface area contributed by atoms with E-state index < -0.39 is 0 Å². The van der Waals surface area contributed by atoms with E-state index in [0.717, 1.165) is 12.8 Å². The van der Waals surface area contributed by atoms with Crippen LogP contribution in [0.2, 0.25) is 0 Å². The number of rotatable bonds is 9. The summed E-state index contributed by atoms with van der Waals surface area (Å²) in [7, 11) is 0. The second-order valence-corrected chi connectivity index (χ2v) is 6.79. The van der Waals surface area contributed by atoms with Crippen LogP contribution in [-0.2, 0) is 14.3 Å². The molecular formula is C17H34O3. The van der Waals surface area contributed by atoms with Crippen molar-refractivity contribution in [2.75, 3.05) is 13.2 Å². The maximum absolute atomic E-state index is 12.5. The van der Waals surface area contributed by atoms with Crippen molar-refractivity contribution in [1.29, 1.82) is 0 Å². The number of carbonyl (C=O) groups excluding carboxylic acids is 1. The predicted octanol–water partition coefficient (Wildman–Crippen LogP) is 4.44. The van der Waals surface area contributed by atoms with Crippen LogP contribution in [0.3, 0.4) is 0 Å². The largest absolute Gasteiger partial charge is 0.466 e. The first-order valence-corrected chi connectivity index (χ1v) is 7.96. The van der Waals surface area contributed by atoms with Crippen molar-refractivity contribution in [3.05, 3.63) is 0 Å². The summed E-state index contributed by atoms with van der Waals surface area (Å²) in [6.07, 6.45) is 1.76. The molecule has 3 nitrogen and oxygen atoms in total. The van der Waals surface area contributed by atoms with E-state index in [4.69, 9.17) is 9.47 Å². The molecule has 0 heterocycles.